The standard InChI is InChI=1S/C14H14ClN3O/c15-9-4-5-11-12(7-9)17-14-13(16-11)18-6-2-1-3-10(18)8-19-14/h4-5,7,10H,1-3,6,8H2. The van der Waals surface area contributed by atoms with Crippen molar-refractivity contribution in [2.24, 2.45) is 0 Å². The first-order valence-electron chi connectivity index (χ1n) is 6.68. The smallest absolute Gasteiger partial charge is 0.258 e. The number of anilines is 1. The van der Waals surface area contributed by atoms with Crippen molar-refractivity contribution in [2.45, 2.75) is 25.3 Å². The monoisotopic (exact) mass is 275 g/mol. The Morgan fingerprint density at radius 3 is 3.11 bits per heavy atom. The molecule has 98 valence electrons. The van der Waals surface area contributed by atoms with E-state index in [4.69, 9.17) is 21.3 Å². The molecule has 0 bridgehead atoms. The van der Waals surface area contributed by atoms with Crippen molar-refractivity contribution in [3.63, 3.8) is 0 Å². The Labute approximate surface area is 116 Å². The van der Waals surface area contributed by atoms with Crippen LogP contribution in [0.25, 0.3) is 11.0 Å². The van der Waals surface area contributed by atoms with Crippen molar-refractivity contribution < 1.29 is 4.74 Å². The molecule has 3 heterocycles. The first kappa shape index (κ1) is 11.3. The zero-order valence-corrected chi connectivity index (χ0v) is 11.2. The van der Waals surface area contributed by atoms with Crippen LogP contribution in [0.3, 0.4) is 0 Å². The number of piperidine rings is 1. The number of hydrogen-bond donors (Lipinski definition) is 0. The van der Waals surface area contributed by atoms with Gasteiger partial charge >= 0.3 is 0 Å². The molecule has 0 radical (unpaired) electrons. The number of benzene rings is 1. The summed E-state index contributed by atoms with van der Waals surface area (Å²) in [7, 11) is 0. The van der Waals surface area contributed by atoms with Crippen LogP contribution in [-0.4, -0.2) is 29.2 Å². The predicted octanol–water partition coefficient (Wildman–Crippen LogP) is 3.03. The molecule has 1 aromatic carbocycles. The van der Waals surface area contributed by atoms with Crippen molar-refractivity contribution in [2.75, 3.05) is 18.1 Å². The molecule has 4 nitrogen and oxygen atoms in total. The quantitative estimate of drug-likeness (QED) is 0.741. The average molecular weight is 276 g/mol. The third-order valence-corrected chi connectivity index (χ3v) is 4.12. The maximum Gasteiger partial charge on any atom is 0.258 e. The van der Waals surface area contributed by atoms with Crippen LogP contribution in [0.1, 0.15) is 19.3 Å². The maximum absolute atomic E-state index is 5.99. The van der Waals surface area contributed by atoms with E-state index in [0.29, 0.717) is 23.6 Å². The Kier molecular flexibility index (Phi) is 2.52. The topological polar surface area (TPSA) is 38.3 Å². The van der Waals surface area contributed by atoms with Gasteiger partial charge in [0, 0.05) is 11.6 Å². The number of halogens is 1. The second kappa shape index (κ2) is 4.23. The molecule has 0 N–H and O–H groups in total. The van der Waals surface area contributed by atoms with Gasteiger partial charge in [0.15, 0.2) is 5.82 Å². The Hall–Kier alpha value is -1.55. The van der Waals surface area contributed by atoms with Gasteiger partial charge in [-0.25, -0.2) is 9.97 Å². The fraction of sp³-hybridized carbons (Fsp3) is 0.429. The van der Waals surface area contributed by atoms with Crippen LogP contribution in [0.4, 0.5) is 5.82 Å². The van der Waals surface area contributed by atoms with Gasteiger partial charge in [-0.3, -0.25) is 0 Å². The summed E-state index contributed by atoms with van der Waals surface area (Å²) >= 11 is 5.99. The third kappa shape index (κ3) is 1.82. The molecule has 0 saturated carbocycles. The van der Waals surface area contributed by atoms with Gasteiger partial charge in [0.05, 0.1) is 17.1 Å². The minimum absolute atomic E-state index is 0.459. The Bertz CT molecular complexity index is 646. The molecule has 0 aliphatic carbocycles. The molecule has 1 saturated heterocycles. The lowest BCUT2D eigenvalue weighted by Gasteiger charge is -2.40. The van der Waals surface area contributed by atoms with Gasteiger partial charge in [-0.05, 0) is 37.5 Å². The minimum atomic E-state index is 0.459. The molecular formula is C14H14ClN3O. The van der Waals surface area contributed by atoms with E-state index in [9.17, 15) is 0 Å². The Balaban J connectivity index is 1.87. The molecule has 5 heteroatoms. The zero-order valence-electron chi connectivity index (χ0n) is 10.5. The molecule has 2 aliphatic heterocycles. The molecule has 0 spiro atoms. The van der Waals surface area contributed by atoms with Gasteiger partial charge in [-0.2, -0.15) is 0 Å². The highest BCUT2D eigenvalue weighted by Crippen LogP contribution is 2.35. The lowest BCUT2D eigenvalue weighted by atomic mass is 10.0. The van der Waals surface area contributed by atoms with Gasteiger partial charge in [0.25, 0.3) is 5.88 Å². The van der Waals surface area contributed by atoms with Crippen LogP contribution < -0.4 is 9.64 Å². The fourth-order valence-electron chi connectivity index (χ4n) is 2.91. The number of fused-ring (bicyclic) bond motifs is 4. The second-order valence-corrected chi connectivity index (χ2v) is 5.58. The maximum atomic E-state index is 5.99. The summed E-state index contributed by atoms with van der Waals surface area (Å²) in [5.74, 6) is 1.54. The minimum Gasteiger partial charge on any atom is -0.473 e. The highest BCUT2D eigenvalue weighted by atomic mass is 35.5. The van der Waals surface area contributed by atoms with Crippen LogP contribution >= 0.6 is 11.6 Å². The SMILES string of the molecule is Clc1ccc2nc3c(nc2c1)OCC1CCCCN31. The normalized spacial score (nSPS) is 21.7. The second-order valence-electron chi connectivity index (χ2n) is 5.14. The van der Waals surface area contributed by atoms with E-state index in [1.54, 1.807) is 0 Å². The summed E-state index contributed by atoms with van der Waals surface area (Å²) in [6, 6.07) is 6.05. The summed E-state index contributed by atoms with van der Waals surface area (Å²) in [6.07, 6.45) is 3.67. The van der Waals surface area contributed by atoms with E-state index in [-0.39, 0.29) is 0 Å². The van der Waals surface area contributed by atoms with Gasteiger partial charge < -0.3 is 9.64 Å². The van der Waals surface area contributed by atoms with E-state index < -0.39 is 0 Å². The third-order valence-electron chi connectivity index (χ3n) is 3.89. The molecule has 1 aromatic heterocycles. The summed E-state index contributed by atoms with van der Waals surface area (Å²) < 4.78 is 5.78. The Morgan fingerprint density at radius 1 is 1.21 bits per heavy atom. The van der Waals surface area contributed by atoms with Crippen molar-refractivity contribution in [1.82, 2.24) is 9.97 Å². The molecule has 1 atom stereocenters. The van der Waals surface area contributed by atoms with Gasteiger partial charge in [-0.15, -0.1) is 0 Å². The summed E-state index contributed by atoms with van der Waals surface area (Å²) in [6.45, 7) is 1.77. The molecule has 4 rings (SSSR count). The van der Waals surface area contributed by atoms with E-state index in [0.717, 1.165) is 23.4 Å². The zero-order chi connectivity index (χ0) is 12.8. The average Bonchev–Trinajstić information content (AvgIpc) is 2.45. The number of hydrogen-bond acceptors (Lipinski definition) is 4. The lowest BCUT2D eigenvalue weighted by molar-refractivity contribution is 0.230. The van der Waals surface area contributed by atoms with E-state index in [2.05, 4.69) is 9.88 Å². The van der Waals surface area contributed by atoms with Gasteiger partial charge in [-0.1, -0.05) is 11.6 Å². The number of nitrogens with zero attached hydrogens (tertiary/aromatic N) is 3. The molecule has 2 aromatic rings. The van der Waals surface area contributed by atoms with Crippen LogP contribution in [0.2, 0.25) is 5.02 Å². The van der Waals surface area contributed by atoms with Crippen molar-refractivity contribution in [1.29, 1.82) is 0 Å². The lowest BCUT2D eigenvalue weighted by Crippen LogP contribution is -2.46. The summed E-state index contributed by atoms with van der Waals surface area (Å²) in [4.78, 5) is 11.6. The highest BCUT2D eigenvalue weighted by molar-refractivity contribution is 6.31. The number of ether oxygens (including phenoxy) is 1. The van der Waals surface area contributed by atoms with Crippen LogP contribution in [0.5, 0.6) is 5.88 Å². The van der Waals surface area contributed by atoms with Crippen molar-refractivity contribution in [3.8, 4) is 5.88 Å². The number of rotatable bonds is 0. The molecule has 19 heavy (non-hydrogen) atoms. The Morgan fingerprint density at radius 2 is 2.16 bits per heavy atom. The fourth-order valence-corrected chi connectivity index (χ4v) is 3.08. The predicted molar refractivity (Wildman–Crippen MR) is 75.0 cm³/mol. The largest absolute Gasteiger partial charge is 0.473 e. The first-order chi connectivity index (χ1) is 9.31. The molecule has 1 fully saturated rings. The van der Waals surface area contributed by atoms with Crippen LogP contribution in [0.15, 0.2) is 18.2 Å². The van der Waals surface area contributed by atoms with Crippen LogP contribution in [-0.2, 0) is 0 Å². The molecule has 1 unspecified atom stereocenters. The van der Waals surface area contributed by atoms with E-state index >= 15 is 0 Å². The van der Waals surface area contributed by atoms with E-state index in [1.165, 1.54) is 19.3 Å². The van der Waals surface area contributed by atoms with Crippen molar-refractivity contribution in [3.05, 3.63) is 23.2 Å². The molecule has 2 aliphatic rings. The van der Waals surface area contributed by atoms with Crippen molar-refractivity contribution >= 4 is 28.5 Å². The highest BCUT2D eigenvalue weighted by Gasteiger charge is 2.32. The molecule has 0 amide bonds. The first-order valence-corrected chi connectivity index (χ1v) is 7.06. The molecular weight excluding hydrogens is 262 g/mol. The number of aromatic nitrogens is 2. The van der Waals surface area contributed by atoms with Gasteiger partial charge in [0.2, 0.25) is 0 Å². The van der Waals surface area contributed by atoms with E-state index in [1.807, 2.05) is 18.2 Å². The van der Waals surface area contributed by atoms with Gasteiger partial charge in [0.1, 0.15) is 6.61 Å². The van der Waals surface area contributed by atoms with Crippen LogP contribution in [0, 0.1) is 0 Å². The summed E-state index contributed by atoms with van der Waals surface area (Å²) in [5, 5.41) is 0.674. The summed E-state index contributed by atoms with van der Waals surface area (Å²) in [5.41, 5.74) is 1.67.